The van der Waals surface area contributed by atoms with Crippen LogP contribution in [0.2, 0.25) is 0 Å². The molecule has 31 heavy (non-hydrogen) atoms. The normalized spacial score (nSPS) is 12.5. The first-order valence-corrected chi connectivity index (χ1v) is 10.6. The second-order valence-corrected chi connectivity index (χ2v) is 7.60. The van der Waals surface area contributed by atoms with Gasteiger partial charge in [-0.15, -0.1) is 0 Å². The van der Waals surface area contributed by atoms with Crippen LogP contribution in [-0.4, -0.2) is 36.4 Å². The van der Waals surface area contributed by atoms with Crippen molar-refractivity contribution in [1.29, 1.82) is 0 Å². The van der Waals surface area contributed by atoms with E-state index in [9.17, 15) is 14.4 Å². The molecule has 0 saturated carbocycles. The molecule has 0 spiro atoms. The number of benzene rings is 2. The zero-order valence-corrected chi connectivity index (χ0v) is 18.4. The van der Waals surface area contributed by atoms with Crippen LogP contribution >= 0.6 is 0 Å². The Hall–Kier alpha value is -3.15. The maximum atomic E-state index is 12.3. The molecular weight excluding hydrogens is 394 g/mol. The molecule has 6 nitrogen and oxygen atoms in total. The predicted molar refractivity (Wildman–Crippen MR) is 119 cm³/mol. The molecule has 0 aliphatic carbocycles. The molecule has 166 valence electrons. The number of hydrogen-bond acceptors (Lipinski definition) is 5. The highest BCUT2D eigenvalue weighted by molar-refractivity contribution is 5.94. The number of amides is 1. The van der Waals surface area contributed by atoms with E-state index in [0.29, 0.717) is 24.3 Å². The summed E-state index contributed by atoms with van der Waals surface area (Å²) in [7, 11) is 0. The highest BCUT2D eigenvalue weighted by atomic mass is 16.5. The zero-order chi connectivity index (χ0) is 22.6. The first-order chi connectivity index (χ1) is 14.8. The van der Waals surface area contributed by atoms with Crippen LogP contribution in [0.4, 0.5) is 0 Å². The summed E-state index contributed by atoms with van der Waals surface area (Å²) in [6.07, 6.45) is 1.46. The van der Waals surface area contributed by atoms with Gasteiger partial charge in [0.15, 0.2) is 11.9 Å². The summed E-state index contributed by atoms with van der Waals surface area (Å²) in [4.78, 5) is 35.5. The van der Waals surface area contributed by atoms with E-state index >= 15 is 0 Å². The van der Waals surface area contributed by atoms with E-state index in [4.69, 9.17) is 9.47 Å². The van der Waals surface area contributed by atoms with Gasteiger partial charge in [0, 0.05) is 18.0 Å². The summed E-state index contributed by atoms with van der Waals surface area (Å²) in [6, 6.07) is 16.9. The summed E-state index contributed by atoms with van der Waals surface area (Å²) in [5.74, 6) is -0.0977. The number of nitrogens with one attached hydrogen (secondary N) is 1. The summed E-state index contributed by atoms with van der Waals surface area (Å²) in [6.45, 7) is 5.36. The molecule has 0 aliphatic heterocycles. The third-order valence-corrected chi connectivity index (χ3v) is 4.83. The van der Waals surface area contributed by atoms with Crippen LogP contribution in [0, 0.1) is 0 Å². The molecule has 0 unspecified atom stereocenters. The van der Waals surface area contributed by atoms with Crippen LogP contribution in [-0.2, 0) is 20.7 Å². The number of aryl methyl sites for hydroxylation is 1. The minimum atomic E-state index is -0.841. The average Bonchev–Trinajstić information content (AvgIpc) is 2.76. The van der Waals surface area contributed by atoms with Gasteiger partial charge in [-0.05, 0) is 69.9 Å². The van der Waals surface area contributed by atoms with Gasteiger partial charge >= 0.3 is 5.97 Å². The van der Waals surface area contributed by atoms with Gasteiger partial charge in [-0.2, -0.15) is 0 Å². The number of esters is 1. The van der Waals surface area contributed by atoms with E-state index in [2.05, 4.69) is 17.4 Å². The van der Waals surface area contributed by atoms with E-state index in [1.54, 1.807) is 31.2 Å². The van der Waals surface area contributed by atoms with Gasteiger partial charge in [0.1, 0.15) is 5.75 Å². The third kappa shape index (κ3) is 9.03. The van der Waals surface area contributed by atoms with E-state index in [1.807, 2.05) is 25.1 Å². The van der Waals surface area contributed by atoms with Crippen molar-refractivity contribution >= 4 is 17.7 Å². The zero-order valence-electron chi connectivity index (χ0n) is 18.4. The molecule has 0 radical (unpaired) electrons. The Morgan fingerprint density at radius 1 is 0.968 bits per heavy atom. The number of ether oxygens (including phenoxy) is 2. The van der Waals surface area contributed by atoms with Gasteiger partial charge in [-0.25, -0.2) is 0 Å². The summed E-state index contributed by atoms with van der Waals surface area (Å²) >= 11 is 0. The lowest BCUT2D eigenvalue weighted by molar-refractivity contribution is -0.155. The van der Waals surface area contributed by atoms with Crippen LogP contribution in [0.1, 0.15) is 56.0 Å². The maximum Gasteiger partial charge on any atom is 0.306 e. The Labute approximate surface area is 183 Å². The monoisotopic (exact) mass is 425 g/mol. The number of carbonyl (C=O) groups excluding carboxylic acids is 3. The molecular formula is C25H31NO5. The fraction of sp³-hybridized carbons (Fsp3) is 0.400. The molecule has 0 bridgehead atoms. The standard InChI is InChI=1S/C25H31NO5/c1-18(11-12-21-8-5-4-6-9-21)26-25(29)20(3)31-24(28)10-7-17-30-23-15-13-22(14-16-23)19(2)27/h4-6,8-9,13-16,18,20H,7,10-12,17H2,1-3H3,(H,26,29)/t18-,20-/m0/s1. The van der Waals surface area contributed by atoms with Crippen molar-refractivity contribution in [1.82, 2.24) is 5.32 Å². The summed E-state index contributed by atoms with van der Waals surface area (Å²) < 4.78 is 10.8. The average molecular weight is 426 g/mol. The highest BCUT2D eigenvalue weighted by Gasteiger charge is 2.19. The van der Waals surface area contributed by atoms with Gasteiger partial charge in [0.2, 0.25) is 0 Å². The highest BCUT2D eigenvalue weighted by Crippen LogP contribution is 2.13. The lowest BCUT2D eigenvalue weighted by Gasteiger charge is -2.18. The van der Waals surface area contributed by atoms with Gasteiger partial charge in [0.05, 0.1) is 6.61 Å². The number of Topliss-reactive ketones (excluding diaryl/α,β-unsaturated/α-hetero) is 1. The van der Waals surface area contributed by atoms with Crippen molar-refractivity contribution in [3.63, 3.8) is 0 Å². The second-order valence-electron chi connectivity index (χ2n) is 7.60. The minimum absolute atomic E-state index is 0.00181. The number of rotatable bonds is 12. The van der Waals surface area contributed by atoms with E-state index in [1.165, 1.54) is 12.5 Å². The lowest BCUT2D eigenvalue weighted by atomic mass is 10.1. The minimum Gasteiger partial charge on any atom is -0.494 e. The number of ketones is 1. The largest absolute Gasteiger partial charge is 0.494 e. The molecule has 6 heteroatoms. The van der Waals surface area contributed by atoms with Crippen molar-refractivity contribution in [2.75, 3.05) is 6.61 Å². The van der Waals surface area contributed by atoms with Gasteiger partial charge in [0.25, 0.3) is 5.91 Å². The molecule has 2 rings (SSSR count). The van der Waals surface area contributed by atoms with Crippen molar-refractivity contribution in [3.05, 3.63) is 65.7 Å². The Morgan fingerprint density at radius 3 is 2.29 bits per heavy atom. The molecule has 0 saturated heterocycles. The Kier molecular flexibility index (Phi) is 9.75. The maximum absolute atomic E-state index is 12.3. The molecule has 2 aromatic rings. The fourth-order valence-electron chi connectivity index (χ4n) is 2.96. The topological polar surface area (TPSA) is 81.7 Å². The fourth-order valence-corrected chi connectivity index (χ4v) is 2.96. The van der Waals surface area contributed by atoms with Gasteiger partial charge in [-0.3, -0.25) is 14.4 Å². The van der Waals surface area contributed by atoms with E-state index in [-0.39, 0.29) is 24.2 Å². The van der Waals surface area contributed by atoms with Crippen LogP contribution in [0.3, 0.4) is 0 Å². The molecule has 0 aromatic heterocycles. The molecule has 0 heterocycles. The smallest absolute Gasteiger partial charge is 0.306 e. The van der Waals surface area contributed by atoms with Crippen molar-refractivity contribution in [3.8, 4) is 5.75 Å². The molecule has 1 N–H and O–H groups in total. The first-order valence-electron chi connectivity index (χ1n) is 10.6. The van der Waals surface area contributed by atoms with Crippen molar-refractivity contribution in [2.24, 2.45) is 0 Å². The summed E-state index contributed by atoms with van der Waals surface area (Å²) in [5.41, 5.74) is 1.85. The molecule has 2 atom stereocenters. The molecule has 2 aromatic carbocycles. The predicted octanol–water partition coefficient (Wildman–Crippen LogP) is 4.12. The first kappa shape index (κ1) is 24.1. The lowest BCUT2D eigenvalue weighted by Crippen LogP contribution is -2.41. The number of carbonyl (C=O) groups is 3. The van der Waals surface area contributed by atoms with Crippen molar-refractivity contribution < 1.29 is 23.9 Å². The molecule has 0 fully saturated rings. The molecule has 0 aliphatic rings. The Bertz CT molecular complexity index is 848. The summed E-state index contributed by atoms with van der Waals surface area (Å²) in [5, 5.41) is 2.89. The SMILES string of the molecule is CC(=O)c1ccc(OCCCC(=O)O[C@@H](C)C(=O)N[C@@H](C)CCc2ccccc2)cc1. The second kappa shape index (κ2) is 12.5. The van der Waals surface area contributed by atoms with Gasteiger partial charge in [-0.1, -0.05) is 30.3 Å². The van der Waals surface area contributed by atoms with Crippen LogP contribution in [0.5, 0.6) is 5.75 Å². The van der Waals surface area contributed by atoms with Gasteiger partial charge < -0.3 is 14.8 Å². The van der Waals surface area contributed by atoms with E-state index in [0.717, 1.165) is 12.8 Å². The molecule has 1 amide bonds. The Morgan fingerprint density at radius 2 is 1.65 bits per heavy atom. The van der Waals surface area contributed by atoms with Crippen LogP contribution in [0.25, 0.3) is 0 Å². The van der Waals surface area contributed by atoms with Crippen LogP contribution in [0.15, 0.2) is 54.6 Å². The van der Waals surface area contributed by atoms with E-state index < -0.39 is 12.1 Å². The van der Waals surface area contributed by atoms with Crippen LogP contribution < -0.4 is 10.1 Å². The number of hydrogen-bond donors (Lipinski definition) is 1. The third-order valence-electron chi connectivity index (χ3n) is 4.83. The Balaban J connectivity index is 1.61. The quantitative estimate of drug-likeness (QED) is 0.314. The van der Waals surface area contributed by atoms with Crippen molar-refractivity contribution in [2.45, 2.75) is 58.6 Å².